The average Bonchev–Trinajstić information content (AvgIpc) is 3.87. The van der Waals surface area contributed by atoms with Crippen molar-refractivity contribution in [1.29, 1.82) is 0 Å². The topological polar surface area (TPSA) is 48.5 Å². The first-order valence-electron chi connectivity index (χ1n) is 20.9. The summed E-state index contributed by atoms with van der Waals surface area (Å²) in [6.45, 7) is 0. The molecule has 5 heteroatoms. The lowest BCUT2D eigenvalue weighted by Gasteiger charge is -2.18. The highest BCUT2D eigenvalue weighted by molar-refractivity contribution is 6.11. The summed E-state index contributed by atoms with van der Waals surface area (Å²) in [5, 5.41) is 4.90. The molecule has 12 aromatic rings. The minimum absolute atomic E-state index is 0.790. The van der Waals surface area contributed by atoms with Gasteiger partial charge in [-0.05, 0) is 84.4 Å². The minimum Gasteiger partial charge on any atom is -0.309 e. The molecule has 5 heterocycles. The molecule has 290 valence electrons. The van der Waals surface area contributed by atoms with Gasteiger partial charge in [0.15, 0.2) is 0 Å². The van der Waals surface area contributed by atoms with Crippen LogP contribution < -0.4 is 0 Å². The third-order valence-electron chi connectivity index (χ3n) is 12.0. The van der Waals surface area contributed by atoms with Crippen LogP contribution in [0, 0.1) is 0 Å². The van der Waals surface area contributed by atoms with Crippen LogP contribution in [-0.2, 0) is 0 Å². The summed E-state index contributed by atoms with van der Waals surface area (Å²) in [6, 6.07) is 77.0. The minimum atomic E-state index is 0.790. The summed E-state index contributed by atoms with van der Waals surface area (Å²) in [7, 11) is 0. The third kappa shape index (κ3) is 5.82. The molecule has 0 saturated carbocycles. The molecule has 0 aliphatic rings. The molecule has 0 radical (unpaired) electrons. The number of benzene rings is 7. The predicted molar refractivity (Wildman–Crippen MR) is 256 cm³/mol. The van der Waals surface area contributed by atoms with Gasteiger partial charge in [0.1, 0.15) is 0 Å². The van der Waals surface area contributed by atoms with Crippen molar-refractivity contribution in [2.24, 2.45) is 0 Å². The summed E-state index contributed by atoms with van der Waals surface area (Å²) in [5.41, 5.74) is 16.3. The van der Waals surface area contributed by atoms with Crippen molar-refractivity contribution in [3.05, 3.63) is 225 Å². The van der Waals surface area contributed by atoms with Gasteiger partial charge >= 0.3 is 0 Å². The molecule has 0 aliphatic carbocycles. The second kappa shape index (κ2) is 14.7. The molecule has 0 fully saturated rings. The van der Waals surface area contributed by atoms with Gasteiger partial charge in [-0.1, -0.05) is 140 Å². The van der Waals surface area contributed by atoms with Gasteiger partial charge in [0.25, 0.3) is 0 Å². The van der Waals surface area contributed by atoms with Gasteiger partial charge in [0.05, 0.1) is 56.2 Å². The highest BCUT2D eigenvalue weighted by Gasteiger charge is 2.21. The molecule has 12 rings (SSSR count). The standard InChI is InChI=1S/C57H37N5/c1-2-17-38(18-3-1)57-45(23-14-33-56(57)62-54-31-10-6-21-43(54)44-22-7-11-32-55(44)62)48-25-15-27-50(59-48)51-28-16-26-49(60-51)46-37-39(34-35-40(46)47-24-12-13-36-58-47)61-52-29-8-4-19-41(52)42-20-5-9-30-53(42)61/h1-37H. The molecule has 7 aromatic carbocycles. The first-order chi connectivity index (χ1) is 30.8. The van der Waals surface area contributed by atoms with Crippen molar-refractivity contribution in [3.8, 4) is 67.7 Å². The highest BCUT2D eigenvalue weighted by atomic mass is 15.0. The quantitative estimate of drug-likeness (QED) is 0.162. The number of para-hydroxylation sites is 4. The van der Waals surface area contributed by atoms with E-state index in [-0.39, 0.29) is 0 Å². The number of aromatic nitrogens is 5. The van der Waals surface area contributed by atoms with Crippen LogP contribution in [0.5, 0.6) is 0 Å². The summed E-state index contributed by atoms with van der Waals surface area (Å²) >= 11 is 0. The number of hydrogen-bond acceptors (Lipinski definition) is 3. The van der Waals surface area contributed by atoms with Crippen molar-refractivity contribution in [2.45, 2.75) is 0 Å². The van der Waals surface area contributed by atoms with Gasteiger partial charge in [0, 0.05) is 55.7 Å². The van der Waals surface area contributed by atoms with E-state index in [9.17, 15) is 0 Å². The summed E-state index contributed by atoms with van der Waals surface area (Å²) in [4.78, 5) is 15.6. The predicted octanol–water partition coefficient (Wildman–Crippen LogP) is 14.4. The molecule has 5 aromatic heterocycles. The van der Waals surface area contributed by atoms with Gasteiger partial charge in [-0.25, -0.2) is 9.97 Å². The molecule has 0 aliphatic heterocycles. The molecule has 0 bridgehead atoms. The zero-order chi connectivity index (χ0) is 41.0. The maximum absolute atomic E-state index is 5.40. The lowest BCUT2D eigenvalue weighted by Crippen LogP contribution is -2.00. The Morgan fingerprint density at radius 2 is 0.790 bits per heavy atom. The van der Waals surface area contributed by atoms with E-state index in [4.69, 9.17) is 15.0 Å². The smallest absolute Gasteiger partial charge is 0.0893 e. The van der Waals surface area contributed by atoms with E-state index in [2.05, 4.69) is 215 Å². The Kier molecular flexibility index (Phi) is 8.42. The number of pyridine rings is 3. The van der Waals surface area contributed by atoms with Gasteiger partial charge in [-0.3, -0.25) is 4.98 Å². The van der Waals surface area contributed by atoms with Crippen LogP contribution in [0.4, 0.5) is 0 Å². The zero-order valence-electron chi connectivity index (χ0n) is 33.6. The van der Waals surface area contributed by atoms with E-state index >= 15 is 0 Å². The summed E-state index contributed by atoms with van der Waals surface area (Å²) in [5.74, 6) is 0. The largest absolute Gasteiger partial charge is 0.309 e. The fraction of sp³-hybridized carbons (Fsp3) is 0. The fourth-order valence-electron chi connectivity index (χ4n) is 9.31. The Bertz CT molecular complexity index is 3490. The molecular formula is C57H37N5. The second-order valence-electron chi connectivity index (χ2n) is 15.6. The second-order valence-corrected chi connectivity index (χ2v) is 15.6. The Labute approximate surface area is 358 Å². The number of rotatable bonds is 7. The fourth-order valence-corrected chi connectivity index (χ4v) is 9.31. The SMILES string of the molecule is c1ccc(-c2c(-c3cccc(-c4cccc(-c5cc(-n6c7ccccc7c7ccccc76)ccc5-c5ccccn5)n4)n3)cccc2-n2c3ccccc3c3ccccc32)cc1. The van der Waals surface area contributed by atoms with Crippen LogP contribution in [0.2, 0.25) is 0 Å². The van der Waals surface area contributed by atoms with Crippen molar-refractivity contribution in [3.63, 3.8) is 0 Å². The molecule has 62 heavy (non-hydrogen) atoms. The Balaban J connectivity index is 1.02. The van der Waals surface area contributed by atoms with Gasteiger partial charge in [0.2, 0.25) is 0 Å². The van der Waals surface area contributed by atoms with Gasteiger partial charge in [-0.2, -0.15) is 0 Å². The van der Waals surface area contributed by atoms with E-state index in [1.165, 1.54) is 21.5 Å². The van der Waals surface area contributed by atoms with Crippen molar-refractivity contribution in [1.82, 2.24) is 24.1 Å². The molecule has 0 unspecified atom stereocenters. The maximum atomic E-state index is 5.40. The monoisotopic (exact) mass is 791 g/mol. The zero-order valence-corrected chi connectivity index (χ0v) is 33.6. The average molecular weight is 792 g/mol. The number of fused-ring (bicyclic) bond motifs is 6. The van der Waals surface area contributed by atoms with E-state index in [0.29, 0.717) is 0 Å². The van der Waals surface area contributed by atoms with Crippen LogP contribution in [0.15, 0.2) is 225 Å². The Morgan fingerprint density at radius 1 is 0.306 bits per heavy atom. The van der Waals surface area contributed by atoms with Crippen LogP contribution in [0.1, 0.15) is 0 Å². The first-order valence-corrected chi connectivity index (χ1v) is 20.9. The molecule has 0 saturated heterocycles. The lowest BCUT2D eigenvalue weighted by molar-refractivity contribution is 1.17. The van der Waals surface area contributed by atoms with Crippen molar-refractivity contribution >= 4 is 43.6 Å². The van der Waals surface area contributed by atoms with E-state index < -0.39 is 0 Å². The van der Waals surface area contributed by atoms with E-state index in [1.54, 1.807) is 0 Å². The molecule has 5 nitrogen and oxygen atoms in total. The van der Waals surface area contributed by atoms with Crippen LogP contribution in [0.3, 0.4) is 0 Å². The van der Waals surface area contributed by atoms with Crippen LogP contribution in [-0.4, -0.2) is 24.1 Å². The normalized spacial score (nSPS) is 11.5. The van der Waals surface area contributed by atoms with Crippen LogP contribution >= 0.6 is 0 Å². The Hall–Kier alpha value is -8.41. The highest BCUT2D eigenvalue weighted by Crippen LogP contribution is 2.42. The first kappa shape index (κ1) is 35.5. The molecule has 0 spiro atoms. The summed E-state index contributed by atoms with van der Waals surface area (Å²) < 4.78 is 4.75. The molecule has 0 N–H and O–H groups in total. The molecule has 0 atom stereocenters. The van der Waals surface area contributed by atoms with Gasteiger partial charge < -0.3 is 9.13 Å². The number of hydrogen-bond donors (Lipinski definition) is 0. The maximum Gasteiger partial charge on any atom is 0.0893 e. The van der Waals surface area contributed by atoms with E-state index in [0.717, 1.165) is 89.7 Å². The van der Waals surface area contributed by atoms with Crippen molar-refractivity contribution < 1.29 is 0 Å². The lowest BCUT2D eigenvalue weighted by atomic mass is 9.94. The third-order valence-corrected chi connectivity index (χ3v) is 12.0. The molecular weight excluding hydrogens is 755 g/mol. The summed E-state index contributed by atoms with van der Waals surface area (Å²) in [6.07, 6.45) is 1.85. The Morgan fingerprint density at radius 3 is 1.37 bits per heavy atom. The van der Waals surface area contributed by atoms with Crippen LogP contribution in [0.25, 0.3) is 111 Å². The van der Waals surface area contributed by atoms with E-state index in [1.807, 2.05) is 18.3 Å². The molecule has 0 amide bonds. The van der Waals surface area contributed by atoms with Crippen molar-refractivity contribution in [2.75, 3.05) is 0 Å². The number of nitrogens with zero attached hydrogens (tertiary/aromatic N) is 5. The van der Waals surface area contributed by atoms with Gasteiger partial charge in [-0.15, -0.1) is 0 Å².